The van der Waals surface area contributed by atoms with E-state index in [1.54, 1.807) is 14.0 Å². The number of amides is 2. The van der Waals surface area contributed by atoms with Crippen LogP contribution < -0.4 is 15.4 Å². The van der Waals surface area contributed by atoms with Gasteiger partial charge in [0, 0.05) is 23.6 Å². The second-order valence-corrected chi connectivity index (χ2v) is 6.00. The first-order chi connectivity index (χ1) is 12.4. The summed E-state index contributed by atoms with van der Waals surface area (Å²) in [6, 6.07) is 8.70. The van der Waals surface area contributed by atoms with Gasteiger partial charge in [-0.05, 0) is 56.7 Å². The number of hydrogen-bond acceptors (Lipinski definition) is 4. The normalized spacial score (nSPS) is 11.6. The molecule has 7 heteroatoms. The van der Waals surface area contributed by atoms with Gasteiger partial charge in [0.2, 0.25) is 0 Å². The van der Waals surface area contributed by atoms with Crippen LogP contribution in [0.3, 0.4) is 0 Å². The van der Waals surface area contributed by atoms with Crippen LogP contribution in [0.4, 0.5) is 4.79 Å². The molecular formula is C19H25N3O4. The highest BCUT2D eigenvalue weighted by Gasteiger charge is 2.16. The van der Waals surface area contributed by atoms with Crippen molar-refractivity contribution in [1.29, 1.82) is 0 Å². The van der Waals surface area contributed by atoms with Gasteiger partial charge in [-0.25, -0.2) is 9.59 Å². The molecule has 0 fully saturated rings. The Morgan fingerprint density at radius 3 is 2.38 bits per heavy atom. The summed E-state index contributed by atoms with van der Waals surface area (Å²) in [6.07, 6.45) is 0. The van der Waals surface area contributed by atoms with Gasteiger partial charge >= 0.3 is 12.0 Å². The molecule has 1 unspecified atom stereocenters. The first-order valence-corrected chi connectivity index (χ1v) is 8.31. The minimum Gasteiger partial charge on any atom is -0.497 e. The van der Waals surface area contributed by atoms with Gasteiger partial charge in [-0.15, -0.1) is 0 Å². The lowest BCUT2D eigenvalue weighted by atomic mass is 10.2. The summed E-state index contributed by atoms with van der Waals surface area (Å²) in [5, 5.41) is 5.31. The van der Waals surface area contributed by atoms with Crippen molar-refractivity contribution in [1.82, 2.24) is 15.2 Å². The molecule has 0 bridgehead atoms. The summed E-state index contributed by atoms with van der Waals surface area (Å²) < 4.78 is 11.9. The van der Waals surface area contributed by atoms with Crippen molar-refractivity contribution >= 4 is 12.0 Å². The Balaban J connectivity index is 2.07. The molecule has 0 saturated carbocycles. The molecule has 2 amide bonds. The maximum atomic E-state index is 11.9. The van der Waals surface area contributed by atoms with Crippen LogP contribution in [0, 0.1) is 13.8 Å². The summed E-state index contributed by atoms with van der Waals surface area (Å²) in [7, 11) is 2.92. The van der Waals surface area contributed by atoms with E-state index in [4.69, 9.17) is 4.74 Å². The number of esters is 1. The first kappa shape index (κ1) is 19.4. The Bertz CT molecular complexity index is 781. The monoisotopic (exact) mass is 359 g/mol. The molecule has 0 aliphatic heterocycles. The van der Waals surface area contributed by atoms with Crippen LogP contribution >= 0.6 is 0 Å². The summed E-state index contributed by atoms with van der Waals surface area (Å²) in [6.45, 7) is 5.94. The van der Waals surface area contributed by atoms with E-state index in [1.807, 2.05) is 44.2 Å². The van der Waals surface area contributed by atoms with Gasteiger partial charge in [0.05, 0.1) is 14.2 Å². The van der Waals surface area contributed by atoms with E-state index in [1.165, 1.54) is 7.11 Å². The summed E-state index contributed by atoms with van der Waals surface area (Å²) in [4.78, 5) is 23.3. The molecule has 1 atom stereocenters. The summed E-state index contributed by atoms with van der Waals surface area (Å²) in [5.41, 5.74) is 4.12. The molecule has 2 aromatic rings. The number of aromatic nitrogens is 1. The zero-order valence-electron chi connectivity index (χ0n) is 15.8. The Labute approximate surface area is 153 Å². The lowest BCUT2D eigenvalue weighted by molar-refractivity contribution is -0.142. The van der Waals surface area contributed by atoms with Crippen molar-refractivity contribution in [3.8, 4) is 11.4 Å². The zero-order chi connectivity index (χ0) is 19.3. The standard InChI is InChI=1S/C19H25N3O4/c1-12-10-15(11-20-19(24)21-13(2)18(23)26-5)14(3)22(12)16-6-8-17(25-4)9-7-16/h6-10,13H,11H2,1-5H3,(H2,20,21,24). The maximum absolute atomic E-state index is 11.9. The van der Waals surface area contributed by atoms with E-state index in [9.17, 15) is 9.59 Å². The van der Waals surface area contributed by atoms with Gasteiger partial charge in [0.25, 0.3) is 0 Å². The van der Waals surface area contributed by atoms with Gasteiger partial charge in [-0.1, -0.05) is 0 Å². The molecule has 1 aromatic heterocycles. The van der Waals surface area contributed by atoms with Crippen LogP contribution in [-0.2, 0) is 16.1 Å². The third kappa shape index (κ3) is 4.36. The fourth-order valence-corrected chi connectivity index (χ4v) is 2.80. The molecule has 1 aromatic carbocycles. The van der Waals surface area contributed by atoms with Crippen LogP contribution in [0.1, 0.15) is 23.9 Å². The third-order valence-corrected chi connectivity index (χ3v) is 4.21. The van der Waals surface area contributed by atoms with Gasteiger partial charge in [0.15, 0.2) is 0 Å². The molecule has 7 nitrogen and oxygen atoms in total. The molecule has 0 aliphatic carbocycles. The van der Waals surface area contributed by atoms with Crippen LogP contribution in [0.15, 0.2) is 30.3 Å². The number of nitrogens with zero attached hydrogens (tertiary/aromatic N) is 1. The maximum Gasteiger partial charge on any atom is 0.328 e. The van der Waals surface area contributed by atoms with E-state index in [2.05, 4.69) is 19.9 Å². The third-order valence-electron chi connectivity index (χ3n) is 4.21. The molecule has 1 heterocycles. The van der Waals surface area contributed by atoms with Gasteiger partial charge in [-0.2, -0.15) is 0 Å². The Morgan fingerprint density at radius 2 is 1.81 bits per heavy atom. The van der Waals surface area contributed by atoms with E-state index < -0.39 is 18.0 Å². The number of nitrogens with one attached hydrogen (secondary N) is 2. The molecule has 0 aliphatic rings. The smallest absolute Gasteiger partial charge is 0.328 e. The average molecular weight is 359 g/mol. The molecule has 0 spiro atoms. The molecule has 0 saturated heterocycles. The van der Waals surface area contributed by atoms with E-state index in [-0.39, 0.29) is 0 Å². The first-order valence-electron chi connectivity index (χ1n) is 8.31. The second kappa shape index (κ2) is 8.42. The van der Waals surface area contributed by atoms with Crippen molar-refractivity contribution in [3.05, 3.63) is 47.3 Å². The fourth-order valence-electron chi connectivity index (χ4n) is 2.80. The SMILES string of the molecule is COC(=O)C(C)NC(=O)NCc1cc(C)n(-c2ccc(OC)cc2)c1C. The number of benzene rings is 1. The van der Waals surface area contributed by atoms with Gasteiger partial charge < -0.3 is 24.7 Å². The minimum absolute atomic E-state index is 0.357. The molecule has 0 radical (unpaired) electrons. The number of urea groups is 1. The highest BCUT2D eigenvalue weighted by atomic mass is 16.5. The van der Waals surface area contributed by atoms with Crippen LogP contribution in [0.2, 0.25) is 0 Å². The lowest BCUT2D eigenvalue weighted by Gasteiger charge is -2.13. The van der Waals surface area contributed by atoms with Crippen molar-refractivity contribution < 1.29 is 19.1 Å². The average Bonchev–Trinajstić information content (AvgIpc) is 2.92. The number of methoxy groups -OCH3 is 2. The quantitative estimate of drug-likeness (QED) is 0.777. The van der Waals surface area contributed by atoms with Crippen molar-refractivity contribution in [3.63, 3.8) is 0 Å². The minimum atomic E-state index is -0.702. The lowest BCUT2D eigenvalue weighted by Crippen LogP contribution is -2.44. The number of aryl methyl sites for hydroxylation is 1. The molecular weight excluding hydrogens is 334 g/mol. The van der Waals surface area contributed by atoms with Crippen LogP contribution in [0.5, 0.6) is 5.75 Å². The van der Waals surface area contributed by atoms with Crippen molar-refractivity contribution in [2.24, 2.45) is 0 Å². The van der Waals surface area contributed by atoms with E-state index in [0.29, 0.717) is 6.54 Å². The van der Waals surface area contributed by atoms with Crippen LogP contribution in [-0.4, -0.2) is 36.8 Å². The second-order valence-electron chi connectivity index (χ2n) is 6.00. The number of rotatable bonds is 6. The van der Waals surface area contributed by atoms with E-state index >= 15 is 0 Å². The van der Waals surface area contributed by atoms with Crippen molar-refractivity contribution in [2.75, 3.05) is 14.2 Å². The predicted molar refractivity (Wildman–Crippen MR) is 98.6 cm³/mol. The fraction of sp³-hybridized carbons (Fsp3) is 0.368. The molecule has 2 N–H and O–H groups in total. The largest absolute Gasteiger partial charge is 0.497 e. The number of hydrogen-bond donors (Lipinski definition) is 2. The van der Waals surface area contributed by atoms with Crippen molar-refractivity contribution in [2.45, 2.75) is 33.4 Å². The molecule has 2 rings (SSSR count). The Hall–Kier alpha value is -2.96. The predicted octanol–water partition coefficient (Wildman–Crippen LogP) is 2.46. The highest BCUT2D eigenvalue weighted by Crippen LogP contribution is 2.22. The van der Waals surface area contributed by atoms with Gasteiger partial charge in [-0.3, -0.25) is 0 Å². The Kier molecular flexibility index (Phi) is 6.27. The number of carbonyl (C=O) groups excluding carboxylic acids is 2. The topological polar surface area (TPSA) is 81.6 Å². The zero-order valence-corrected chi connectivity index (χ0v) is 15.8. The highest BCUT2D eigenvalue weighted by molar-refractivity contribution is 5.83. The summed E-state index contributed by atoms with van der Waals surface area (Å²) in [5.74, 6) is 0.312. The molecule has 26 heavy (non-hydrogen) atoms. The summed E-state index contributed by atoms with van der Waals surface area (Å²) >= 11 is 0. The number of ether oxygens (including phenoxy) is 2. The number of carbonyl (C=O) groups is 2. The Morgan fingerprint density at radius 1 is 1.15 bits per heavy atom. The van der Waals surface area contributed by atoms with E-state index in [0.717, 1.165) is 28.4 Å². The van der Waals surface area contributed by atoms with Gasteiger partial charge in [0.1, 0.15) is 11.8 Å². The van der Waals surface area contributed by atoms with Crippen LogP contribution in [0.25, 0.3) is 5.69 Å². The molecule has 140 valence electrons.